The van der Waals surface area contributed by atoms with E-state index in [9.17, 15) is 0 Å². The molecule has 0 aliphatic heterocycles. The van der Waals surface area contributed by atoms with Crippen LogP contribution in [-0.4, -0.2) is 19.7 Å². The molecule has 0 aliphatic rings. The summed E-state index contributed by atoms with van der Waals surface area (Å²) in [7, 11) is 0. The number of anilines is 1. The van der Waals surface area contributed by atoms with Gasteiger partial charge in [-0.15, -0.1) is 0 Å². The Labute approximate surface area is 76.8 Å². The molecule has 0 unspecified atom stereocenters. The van der Waals surface area contributed by atoms with Gasteiger partial charge in [0, 0.05) is 0 Å². The van der Waals surface area contributed by atoms with Crippen molar-refractivity contribution in [3.63, 3.8) is 0 Å². The third-order valence-corrected chi connectivity index (χ3v) is 2.28. The molecule has 0 bridgehead atoms. The molecule has 0 atom stereocenters. The van der Waals surface area contributed by atoms with Crippen LogP contribution in [0.3, 0.4) is 0 Å². The summed E-state index contributed by atoms with van der Waals surface area (Å²) in [6.45, 7) is 0. The Morgan fingerprint density at radius 1 is 1.58 bits per heavy atom. The third-order valence-electron chi connectivity index (χ3n) is 1.22. The molecule has 62 valence electrons. The van der Waals surface area contributed by atoms with Crippen LogP contribution in [0.25, 0.3) is 5.82 Å². The van der Waals surface area contributed by atoms with E-state index in [0.717, 1.165) is 0 Å². The monoisotopic (exact) mass is 201 g/mol. The van der Waals surface area contributed by atoms with Crippen LogP contribution < -0.4 is 5.73 Å². The minimum absolute atomic E-state index is 0.422. The van der Waals surface area contributed by atoms with Crippen molar-refractivity contribution in [2.24, 2.45) is 0 Å². The van der Waals surface area contributed by atoms with Gasteiger partial charge in [-0.1, -0.05) is 22.9 Å². The molecule has 2 N–H and O–H groups in total. The largest absolute Gasteiger partial charge is 0.375 e. The number of aromatic nitrogens is 4. The van der Waals surface area contributed by atoms with Crippen molar-refractivity contribution in [1.29, 1.82) is 0 Å². The summed E-state index contributed by atoms with van der Waals surface area (Å²) in [5.41, 5.74) is 5.45. The first kappa shape index (κ1) is 7.51. The first-order chi connectivity index (χ1) is 5.77. The second-order valence-corrected chi connectivity index (χ2v) is 3.62. The van der Waals surface area contributed by atoms with Gasteiger partial charge in [0.05, 0.1) is 0 Å². The Bertz CT molecular complexity index is 380. The van der Waals surface area contributed by atoms with Crippen molar-refractivity contribution >= 4 is 28.1 Å². The van der Waals surface area contributed by atoms with Gasteiger partial charge in [0.25, 0.3) is 0 Å². The lowest BCUT2D eigenvalue weighted by atomic mass is 10.8. The summed E-state index contributed by atoms with van der Waals surface area (Å²) in [6, 6.07) is 0. The molecule has 0 aromatic carbocycles. The van der Waals surface area contributed by atoms with Crippen LogP contribution in [0, 0.1) is 0 Å². The molecular formula is C5H4ClN5S. The van der Waals surface area contributed by atoms with Crippen molar-refractivity contribution in [2.45, 2.75) is 0 Å². The normalized spacial score (nSPS) is 10.4. The van der Waals surface area contributed by atoms with E-state index >= 15 is 0 Å². The lowest BCUT2D eigenvalue weighted by Gasteiger charge is -1.91. The van der Waals surface area contributed by atoms with E-state index in [1.807, 2.05) is 0 Å². The van der Waals surface area contributed by atoms with Crippen LogP contribution in [0.1, 0.15) is 0 Å². The van der Waals surface area contributed by atoms with E-state index in [1.165, 1.54) is 28.7 Å². The minimum atomic E-state index is 0.422. The van der Waals surface area contributed by atoms with Gasteiger partial charge in [0.15, 0.2) is 10.9 Å². The highest BCUT2D eigenvalue weighted by atomic mass is 35.5. The van der Waals surface area contributed by atoms with Crippen LogP contribution >= 0.6 is 22.9 Å². The number of nitrogen functional groups attached to an aromatic ring is 1. The smallest absolute Gasteiger partial charge is 0.187 e. The molecule has 2 aromatic heterocycles. The van der Waals surface area contributed by atoms with Gasteiger partial charge in [0.1, 0.15) is 17.0 Å². The fourth-order valence-corrected chi connectivity index (χ4v) is 1.68. The number of nitrogens with two attached hydrogens (primary N) is 1. The fraction of sp³-hybridized carbons (Fsp3) is 0. The summed E-state index contributed by atoms with van der Waals surface area (Å²) in [6.07, 6.45) is 2.92. The maximum absolute atomic E-state index is 5.82. The first-order valence-electron chi connectivity index (χ1n) is 3.04. The molecule has 0 fully saturated rings. The van der Waals surface area contributed by atoms with Crippen LogP contribution in [0.4, 0.5) is 5.13 Å². The van der Waals surface area contributed by atoms with E-state index in [0.29, 0.717) is 15.3 Å². The molecule has 0 radical (unpaired) electrons. The lowest BCUT2D eigenvalue weighted by Crippen LogP contribution is -1.95. The Morgan fingerprint density at radius 3 is 2.92 bits per heavy atom. The zero-order chi connectivity index (χ0) is 8.55. The quantitative estimate of drug-likeness (QED) is 0.746. The molecular weight excluding hydrogens is 198 g/mol. The Hall–Kier alpha value is -1.14. The molecule has 0 aliphatic carbocycles. The molecule has 2 aromatic rings. The second-order valence-electron chi connectivity index (χ2n) is 1.99. The third kappa shape index (κ3) is 1.15. The average Bonchev–Trinajstić information content (AvgIpc) is 2.58. The van der Waals surface area contributed by atoms with E-state index in [-0.39, 0.29) is 0 Å². The summed E-state index contributed by atoms with van der Waals surface area (Å²) >= 11 is 7.03. The van der Waals surface area contributed by atoms with Crippen LogP contribution in [0.2, 0.25) is 4.34 Å². The highest BCUT2D eigenvalue weighted by Gasteiger charge is 2.08. The standard InChI is InChI=1S/C5H4ClN5S/c6-3-4(10-5(7)12-3)11-2-8-1-9-11/h1-2H,(H2,7,10). The number of rotatable bonds is 1. The van der Waals surface area contributed by atoms with Gasteiger partial charge in [-0.25, -0.2) is 9.67 Å². The van der Waals surface area contributed by atoms with Gasteiger partial charge >= 0.3 is 0 Å². The number of hydrogen-bond donors (Lipinski definition) is 1. The molecule has 2 rings (SSSR count). The van der Waals surface area contributed by atoms with Gasteiger partial charge in [0.2, 0.25) is 0 Å². The predicted molar refractivity (Wildman–Crippen MR) is 46.5 cm³/mol. The van der Waals surface area contributed by atoms with Crippen molar-refractivity contribution in [3.8, 4) is 5.82 Å². The molecule has 5 nitrogen and oxygen atoms in total. The summed E-state index contributed by atoms with van der Waals surface area (Å²) in [4.78, 5) is 7.74. The van der Waals surface area contributed by atoms with Crippen molar-refractivity contribution in [1.82, 2.24) is 19.7 Å². The zero-order valence-electron chi connectivity index (χ0n) is 5.81. The Morgan fingerprint density at radius 2 is 2.42 bits per heavy atom. The molecule has 0 saturated carbocycles. The number of halogens is 1. The number of hydrogen-bond acceptors (Lipinski definition) is 5. The number of thiazole rings is 1. The van der Waals surface area contributed by atoms with Crippen LogP contribution in [0.15, 0.2) is 12.7 Å². The lowest BCUT2D eigenvalue weighted by molar-refractivity contribution is 0.855. The van der Waals surface area contributed by atoms with Gasteiger partial charge < -0.3 is 5.73 Å². The van der Waals surface area contributed by atoms with E-state index in [2.05, 4.69) is 15.1 Å². The summed E-state index contributed by atoms with van der Waals surface area (Å²) in [5, 5.41) is 4.29. The minimum Gasteiger partial charge on any atom is -0.375 e. The molecule has 0 saturated heterocycles. The Kier molecular flexibility index (Phi) is 1.70. The summed E-state index contributed by atoms with van der Waals surface area (Å²) < 4.78 is 1.98. The molecule has 7 heteroatoms. The fourth-order valence-electron chi connectivity index (χ4n) is 0.767. The van der Waals surface area contributed by atoms with Crippen LogP contribution in [-0.2, 0) is 0 Å². The highest BCUT2D eigenvalue weighted by molar-refractivity contribution is 7.19. The predicted octanol–water partition coefficient (Wildman–Crippen LogP) is 0.959. The molecule has 2 heterocycles. The van der Waals surface area contributed by atoms with Gasteiger partial charge in [-0.3, -0.25) is 0 Å². The molecule has 12 heavy (non-hydrogen) atoms. The first-order valence-corrected chi connectivity index (χ1v) is 4.23. The highest BCUT2D eigenvalue weighted by Crippen LogP contribution is 2.27. The maximum atomic E-state index is 5.82. The maximum Gasteiger partial charge on any atom is 0.187 e. The number of nitrogens with zero attached hydrogens (tertiary/aromatic N) is 4. The van der Waals surface area contributed by atoms with Crippen molar-refractivity contribution < 1.29 is 0 Å². The van der Waals surface area contributed by atoms with E-state index in [4.69, 9.17) is 17.3 Å². The van der Waals surface area contributed by atoms with E-state index < -0.39 is 0 Å². The average molecular weight is 202 g/mol. The zero-order valence-corrected chi connectivity index (χ0v) is 7.38. The summed E-state index contributed by atoms with van der Waals surface area (Å²) in [5.74, 6) is 0.525. The van der Waals surface area contributed by atoms with Crippen molar-refractivity contribution in [3.05, 3.63) is 17.0 Å². The Balaban J connectivity index is 2.54. The molecule has 0 spiro atoms. The second kappa shape index (κ2) is 2.72. The van der Waals surface area contributed by atoms with Crippen LogP contribution in [0.5, 0.6) is 0 Å². The van der Waals surface area contributed by atoms with Gasteiger partial charge in [-0.2, -0.15) is 10.1 Å². The SMILES string of the molecule is Nc1nc(-n2cncn2)c(Cl)s1. The van der Waals surface area contributed by atoms with E-state index in [1.54, 1.807) is 0 Å². The van der Waals surface area contributed by atoms with Gasteiger partial charge in [-0.05, 0) is 0 Å². The topological polar surface area (TPSA) is 69.6 Å². The molecule has 0 amide bonds. The van der Waals surface area contributed by atoms with Crippen molar-refractivity contribution in [2.75, 3.05) is 5.73 Å².